The van der Waals surface area contributed by atoms with Gasteiger partial charge in [-0.15, -0.1) is 0 Å². The van der Waals surface area contributed by atoms with Gasteiger partial charge in [-0.1, -0.05) is 31.6 Å². The summed E-state index contributed by atoms with van der Waals surface area (Å²) in [4.78, 5) is 12.0. The second-order valence-electron chi connectivity index (χ2n) is 8.13. The molecule has 0 aromatic heterocycles. The number of carbonyl (C=O) groups is 1. The van der Waals surface area contributed by atoms with Crippen molar-refractivity contribution in [3.8, 4) is 0 Å². The van der Waals surface area contributed by atoms with Gasteiger partial charge in [0, 0.05) is 0 Å². The minimum absolute atomic E-state index is 0.0350. The van der Waals surface area contributed by atoms with Gasteiger partial charge >= 0.3 is 5.97 Å². The third-order valence-corrected chi connectivity index (χ3v) is 6.85. The first-order valence-electron chi connectivity index (χ1n) is 9.10. The molecular formula is C20H32O4. The summed E-state index contributed by atoms with van der Waals surface area (Å²) in [5.74, 6) is -0.212. The predicted octanol–water partition coefficient (Wildman–Crippen LogP) is 3.54. The Labute approximate surface area is 145 Å². The summed E-state index contributed by atoms with van der Waals surface area (Å²) < 4.78 is 0. The van der Waals surface area contributed by atoms with Crippen LogP contribution in [-0.2, 0) is 4.79 Å². The fourth-order valence-electron chi connectivity index (χ4n) is 5.44. The zero-order valence-corrected chi connectivity index (χ0v) is 15.1. The lowest BCUT2D eigenvalue weighted by Crippen LogP contribution is -2.53. The Morgan fingerprint density at radius 2 is 2.04 bits per heavy atom. The summed E-state index contributed by atoms with van der Waals surface area (Å²) in [7, 11) is 0. The zero-order valence-electron chi connectivity index (χ0n) is 15.1. The molecule has 4 heteroatoms. The van der Waals surface area contributed by atoms with E-state index in [2.05, 4.69) is 13.5 Å². The van der Waals surface area contributed by atoms with Crippen molar-refractivity contribution in [3.63, 3.8) is 0 Å². The molecule has 2 fully saturated rings. The van der Waals surface area contributed by atoms with Crippen LogP contribution in [0.4, 0.5) is 0 Å². The summed E-state index contributed by atoms with van der Waals surface area (Å²) in [6.45, 7) is 8.38. The quantitative estimate of drug-likeness (QED) is 0.648. The number of rotatable bonds is 6. The lowest BCUT2D eigenvalue weighted by Gasteiger charge is -2.57. The van der Waals surface area contributed by atoms with E-state index in [0.717, 1.165) is 50.5 Å². The number of carboxylic acids is 1. The predicted molar refractivity (Wildman–Crippen MR) is 94.5 cm³/mol. The van der Waals surface area contributed by atoms with Gasteiger partial charge in [-0.2, -0.15) is 0 Å². The summed E-state index contributed by atoms with van der Waals surface area (Å²) >= 11 is 0. The monoisotopic (exact) mass is 336 g/mol. The largest absolute Gasteiger partial charge is 0.481 e. The van der Waals surface area contributed by atoms with Gasteiger partial charge in [-0.3, -0.25) is 4.79 Å². The van der Waals surface area contributed by atoms with Crippen LogP contribution in [0.1, 0.15) is 58.8 Å². The fraction of sp³-hybridized carbons (Fsp3) is 0.750. The minimum atomic E-state index is -0.666. The Balaban J connectivity index is 2.25. The van der Waals surface area contributed by atoms with E-state index in [-0.39, 0.29) is 30.5 Å². The zero-order chi connectivity index (χ0) is 18.0. The van der Waals surface area contributed by atoms with E-state index in [9.17, 15) is 15.0 Å². The average molecular weight is 336 g/mol. The molecule has 136 valence electrons. The highest BCUT2D eigenvalue weighted by atomic mass is 16.4. The van der Waals surface area contributed by atoms with Crippen LogP contribution < -0.4 is 0 Å². The van der Waals surface area contributed by atoms with Crippen molar-refractivity contribution in [1.82, 2.24) is 0 Å². The van der Waals surface area contributed by atoms with E-state index >= 15 is 0 Å². The molecule has 3 N–H and O–H groups in total. The van der Waals surface area contributed by atoms with Crippen molar-refractivity contribution < 1.29 is 20.1 Å². The molecule has 0 aromatic carbocycles. The van der Waals surface area contributed by atoms with Crippen molar-refractivity contribution >= 4 is 5.97 Å². The molecule has 2 aliphatic carbocycles. The molecule has 0 unspecified atom stereocenters. The third kappa shape index (κ3) is 3.31. The highest BCUT2D eigenvalue weighted by molar-refractivity contribution is 5.75. The number of allylic oxidation sites excluding steroid dienone is 1. The molecule has 2 rings (SSSR count). The molecule has 2 aliphatic rings. The lowest BCUT2D eigenvalue weighted by molar-refractivity contribution is -0.164. The van der Waals surface area contributed by atoms with Gasteiger partial charge in [-0.05, 0) is 68.3 Å². The van der Waals surface area contributed by atoms with Crippen molar-refractivity contribution in [2.24, 2.45) is 22.7 Å². The molecule has 0 saturated heterocycles. The summed E-state index contributed by atoms with van der Waals surface area (Å²) in [5.41, 5.74) is 1.39. The Morgan fingerprint density at radius 1 is 1.33 bits per heavy atom. The first-order chi connectivity index (χ1) is 11.3. The molecule has 2 saturated carbocycles. The van der Waals surface area contributed by atoms with Gasteiger partial charge in [0.2, 0.25) is 0 Å². The van der Waals surface area contributed by atoms with Gasteiger partial charge in [0.15, 0.2) is 0 Å². The average Bonchev–Trinajstić information content (AvgIpc) is 2.52. The van der Waals surface area contributed by atoms with E-state index in [1.807, 2.05) is 6.92 Å². The van der Waals surface area contributed by atoms with Crippen LogP contribution in [0, 0.1) is 22.7 Å². The van der Waals surface area contributed by atoms with Crippen molar-refractivity contribution in [2.75, 3.05) is 13.2 Å². The maximum absolute atomic E-state index is 12.0. The number of hydrogen-bond acceptors (Lipinski definition) is 3. The first-order valence-corrected chi connectivity index (χ1v) is 9.10. The normalized spacial score (nSPS) is 37.2. The molecule has 24 heavy (non-hydrogen) atoms. The van der Waals surface area contributed by atoms with Crippen LogP contribution in [-0.4, -0.2) is 34.5 Å². The molecule has 0 spiro atoms. The molecule has 0 aromatic rings. The van der Waals surface area contributed by atoms with Gasteiger partial charge in [0.1, 0.15) is 0 Å². The summed E-state index contributed by atoms with van der Waals surface area (Å²) in [5, 5.41) is 28.3. The van der Waals surface area contributed by atoms with Crippen LogP contribution in [0.25, 0.3) is 0 Å². The van der Waals surface area contributed by atoms with E-state index in [1.165, 1.54) is 5.57 Å². The number of hydrogen-bond donors (Lipinski definition) is 3. The third-order valence-electron chi connectivity index (χ3n) is 6.85. The molecule has 0 radical (unpaired) electrons. The SMILES string of the molecule is C=C1CC[C@@H]2[C@](C)(CCC[C@@]2(C)C(=O)O)[C@H]1CC/C(=C\CO)CO. The van der Waals surface area contributed by atoms with Gasteiger partial charge < -0.3 is 15.3 Å². The Hall–Kier alpha value is -1.13. The van der Waals surface area contributed by atoms with Gasteiger partial charge in [-0.25, -0.2) is 0 Å². The van der Waals surface area contributed by atoms with Crippen molar-refractivity contribution in [2.45, 2.75) is 58.8 Å². The number of aliphatic hydroxyl groups is 2. The number of aliphatic hydroxyl groups excluding tert-OH is 2. The summed E-state index contributed by atoms with van der Waals surface area (Å²) in [6, 6.07) is 0. The van der Waals surface area contributed by atoms with Crippen LogP contribution in [0.15, 0.2) is 23.8 Å². The fourth-order valence-corrected chi connectivity index (χ4v) is 5.44. The lowest BCUT2D eigenvalue weighted by atomic mass is 9.46. The van der Waals surface area contributed by atoms with Crippen molar-refractivity contribution in [3.05, 3.63) is 23.8 Å². The molecule has 4 nitrogen and oxygen atoms in total. The van der Waals surface area contributed by atoms with E-state index < -0.39 is 11.4 Å². The molecule has 4 atom stereocenters. The van der Waals surface area contributed by atoms with E-state index in [1.54, 1.807) is 6.08 Å². The van der Waals surface area contributed by atoms with Crippen molar-refractivity contribution in [1.29, 1.82) is 0 Å². The topological polar surface area (TPSA) is 77.8 Å². The maximum Gasteiger partial charge on any atom is 0.309 e. The van der Waals surface area contributed by atoms with E-state index in [0.29, 0.717) is 0 Å². The molecular weight excluding hydrogens is 304 g/mol. The standard InChI is InChI=1S/C20H32O4/c1-14-5-8-17-19(2,10-4-11-20(17,3)18(23)24)16(14)7-6-15(13-22)9-12-21/h9,16-17,21-22H,1,4-8,10-13H2,2-3H3,(H,23,24)/b15-9+/t16-,17+,19+,20+/m0/s1. The van der Waals surface area contributed by atoms with Crippen LogP contribution in [0.3, 0.4) is 0 Å². The smallest absolute Gasteiger partial charge is 0.309 e. The molecule has 0 aliphatic heterocycles. The van der Waals surface area contributed by atoms with Crippen LogP contribution >= 0.6 is 0 Å². The number of carboxylic acid groups (broad SMARTS) is 1. The number of aliphatic carboxylic acids is 1. The van der Waals surface area contributed by atoms with Gasteiger partial charge in [0.25, 0.3) is 0 Å². The molecule has 0 bridgehead atoms. The Bertz CT molecular complexity index is 524. The second-order valence-corrected chi connectivity index (χ2v) is 8.13. The first kappa shape index (κ1) is 19.2. The highest BCUT2D eigenvalue weighted by Crippen LogP contribution is 2.62. The number of fused-ring (bicyclic) bond motifs is 1. The Morgan fingerprint density at radius 3 is 2.62 bits per heavy atom. The highest BCUT2D eigenvalue weighted by Gasteiger charge is 2.57. The molecule has 0 amide bonds. The maximum atomic E-state index is 12.0. The summed E-state index contributed by atoms with van der Waals surface area (Å²) in [6.07, 6.45) is 7.82. The van der Waals surface area contributed by atoms with Crippen LogP contribution in [0.5, 0.6) is 0 Å². The van der Waals surface area contributed by atoms with Crippen LogP contribution in [0.2, 0.25) is 0 Å². The minimum Gasteiger partial charge on any atom is -0.481 e. The van der Waals surface area contributed by atoms with E-state index in [4.69, 9.17) is 5.11 Å². The Kier molecular flexibility index (Phi) is 5.92. The molecule has 0 heterocycles. The second kappa shape index (κ2) is 7.40. The van der Waals surface area contributed by atoms with Gasteiger partial charge in [0.05, 0.1) is 18.6 Å².